The van der Waals surface area contributed by atoms with Crippen LogP contribution < -0.4 is 5.43 Å². The van der Waals surface area contributed by atoms with Gasteiger partial charge in [0, 0.05) is 34.6 Å². The molecule has 0 aromatic heterocycles. The molecule has 0 radical (unpaired) electrons. The largest absolute Gasteiger partial charge is 0.508 e. The quantitative estimate of drug-likeness (QED) is 0.565. The van der Waals surface area contributed by atoms with Gasteiger partial charge in [-0.2, -0.15) is 0 Å². The number of rotatable bonds is 2. The highest BCUT2D eigenvalue weighted by atomic mass is 16.3. The van der Waals surface area contributed by atoms with Gasteiger partial charge in [0.2, 0.25) is 0 Å². The average Bonchev–Trinajstić information content (AvgIpc) is 2.59. The summed E-state index contributed by atoms with van der Waals surface area (Å²) in [6, 6.07) is 9.56. The van der Waals surface area contributed by atoms with Crippen molar-refractivity contribution in [1.29, 1.82) is 0 Å². The minimum Gasteiger partial charge on any atom is -0.508 e. The Balaban J connectivity index is 2.13. The van der Waals surface area contributed by atoms with Gasteiger partial charge in [0.1, 0.15) is 23.4 Å². The summed E-state index contributed by atoms with van der Waals surface area (Å²) in [4.78, 5) is 23.4. The van der Waals surface area contributed by atoms with E-state index in [2.05, 4.69) is 0 Å². The normalized spacial score (nSPS) is 17.4. The molecule has 1 atom stereocenters. The SMILES string of the molecule is CC1=CC=C(c2c3ccc(=O)cc-3oc3cc(O)ccc23)C(C=O)C1. The van der Waals surface area contributed by atoms with Crippen molar-refractivity contribution in [2.75, 3.05) is 0 Å². The minimum atomic E-state index is -0.250. The van der Waals surface area contributed by atoms with Crippen molar-refractivity contribution in [2.45, 2.75) is 13.3 Å². The molecule has 1 unspecified atom stereocenters. The molecule has 0 saturated carbocycles. The fraction of sp³-hybridized carbons (Fsp3) is 0.143. The monoisotopic (exact) mass is 332 g/mol. The topological polar surface area (TPSA) is 67.5 Å². The third-order valence-corrected chi connectivity index (χ3v) is 4.62. The molecule has 0 saturated heterocycles. The second-order valence-electron chi connectivity index (χ2n) is 6.40. The van der Waals surface area contributed by atoms with Gasteiger partial charge in [-0.1, -0.05) is 17.7 Å². The maximum Gasteiger partial charge on any atom is 0.182 e. The molecule has 0 fully saturated rings. The Morgan fingerprint density at radius 2 is 2.00 bits per heavy atom. The molecule has 3 aliphatic rings. The molecule has 4 heteroatoms. The van der Waals surface area contributed by atoms with Crippen molar-refractivity contribution in [3.05, 3.63) is 69.9 Å². The molecular formula is C21H16O4. The number of carbonyl (C=O) groups excluding carboxylic acids is 1. The van der Waals surface area contributed by atoms with E-state index in [1.54, 1.807) is 18.2 Å². The molecule has 1 aliphatic heterocycles. The number of hydrogen-bond acceptors (Lipinski definition) is 4. The molecule has 25 heavy (non-hydrogen) atoms. The van der Waals surface area contributed by atoms with Crippen LogP contribution in [-0.4, -0.2) is 11.4 Å². The van der Waals surface area contributed by atoms with Crippen LogP contribution in [0, 0.1) is 5.92 Å². The van der Waals surface area contributed by atoms with Crippen molar-refractivity contribution < 1.29 is 14.3 Å². The van der Waals surface area contributed by atoms with Crippen molar-refractivity contribution in [3.8, 4) is 17.1 Å². The number of hydrogen-bond donors (Lipinski definition) is 1. The molecule has 4 rings (SSSR count). The molecule has 1 aromatic carbocycles. The first-order valence-electron chi connectivity index (χ1n) is 8.09. The number of fused-ring (bicyclic) bond motifs is 2. The Labute approximate surface area is 144 Å². The van der Waals surface area contributed by atoms with E-state index in [1.807, 2.05) is 19.1 Å². The summed E-state index contributed by atoms with van der Waals surface area (Å²) in [7, 11) is 0. The number of allylic oxidation sites excluding steroid dienone is 4. The zero-order valence-electron chi connectivity index (χ0n) is 13.7. The molecule has 0 bridgehead atoms. The van der Waals surface area contributed by atoms with E-state index >= 15 is 0 Å². The van der Waals surface area contributed by atoms with Crippen LogP contribution in [0.4, 0.5) is 0 Å². The van der Waals surface area contributed by atoms with Crippen LogP contribution in [0.15, 0.2) is 63.3 Å². The maximum absolute atomic E-state index is 11.7. The molecule has 124 valence electrons. The number of aldehydes is 1. The van der Waals surface area contributed by atoms with Gasteiger partial charge < -0.3 is 14.3 Å². The van der Waals surface area contributed by atoms with E-state index in [1.165, 1.54) is 18.2 Å². The molecular weight excluding hydrogens is 316 g/mol. The third-order valence-electron chi connectivity index (χ3n) is 4.62. The van der Waals surface area contributed by atoms with Crippen molar-refractivity contribution >= 4 is 22.8 Å². The number of carbonyl (C=O) groups is 1. The zero-order chi connectivity index (χ0) is 17.6. The van der Waals surface area contributed by atoms with Gasteiger partial charge in [0.05, 0.1) is 0 Å². The summed E-state index contributed by atoms with van der Waals surface area (Å²) < 4.78 is 5.84. The van der Waals surface area contributed by atoms with E-state index in [9.17, 15) is 14.7 Å². The predicted molar refractivity (Wildman–Crippen MR) is 96.7 cm³/mol. The van der Waals surface area contributed by atoms with E-state index in [-0.39, 0.29) is 17.1 Å². The molecule has 0 spiro atoms. The van der Waals surface area contributed by atoms with Crippen molar-refractivity contribution in [1.82, 2.24) is 0 Å². The van der Waals surface area contributed by atoms with E-state index in [0.717, 1.165) is 33.9 Å². The first-order valence-corrected chi connectivity index (χ1v) is 8.09. The Morgan fingerprint density at radius 3 is 2.80 bits per heavy atom. The smallest absolute Gasteiger partial charge is 0.182 e. The van der Waals surface area contributed by atoms with Crippen LogP contribution in [-0.2, 0) is 4.79 Å². The molecule has 4 nitrogen and oxygen atoms in total. The highest BCUT2D eigenvalue weighted by molar-refractivity contribution is 6.01. The van der Waals surface area contributed by atoms with Gasteiger partial charge in [-0.3, -0.25) is 4.79 Å². The number of benzene rings is 2. The van der Waals surface area contributed by atoms with Gasteiger partial charge in [-0.05, 0) is 43.2 Å². The second-order valence-corrected chi connectivity index (χ2v) is 6.40. The number of phenols is 1. The van der Waals surface area contributed by atoms with E-state index in [4.69, 9.17) is 4.42 Å². The first kappa shape index (κ1) is 15.4. The first-order chi connectivity index (χ1) is 12.1. The summed E-state index contributed by atoms with van der Waals surface area (Å²) in [6.45, 7) is 2.00. The summed E-state index contributed by atoms with van der Waals surface area (Å²) in [5.41, 5.74) is 4.03. The van der Waals surface area contributed by atoms with Gasteiger partial charge in [-0.25, -0.2) is 0 Å². The summed E-state index contributed by atoms with van der Waals surface area (Å²) in [5, 5.41) is 10.6. The lowest BCUT2D eigenvalue weighted by Crippen LogP contribution is -2.11. The molecule has 0 amide bonds. The van der Waals surface area contributed by atoms with Crippen LogP contribution in [0.3, 0.4) is 0 Å². The predicted octanol–water partition coefficient (Wildman–Crippen LogP) is 4.15. The fourth-order valence-electron chi connectivity index (χ4n) is 3.44. The van der Waals surface area contributed by atoms with Gasteiger partial charge in [0.25, 0.3) is 0 Å². The van der Waals surface area contributed by atoms with E-state index in [0.29, 0.717) is 17.8 Å². The minimum absolute atomic E-state index is 0.0835. The standard InChI is InChI=1S/C21H16O4/c1-12-2-5-16(13(8-12)11-22)21-17-6-3-14(23)9-19(17)25-20-10-15(24)4-7-18(20)21/h2-7,9-11,13,23H,8H2,1H3. The van der Waals surface area contributed by atoms with Crippen LogP contribution in [0.5, 0.6) is 5.75 Å². The summed E-state index contributed by atoms with van der Waals surface area (Å²) in [5.74, 6) is 0.275. The second kappa shape index (κ2) is 5.74. The average molecular weight is 332 g/mol. The maximum atomic E-state index is 11.7. The summed E-state index contributed by atoms with van der Waals surface area (Å²) in [6.07, 6.45) is 5.61. The lowest BCUT2D eigenvalue weighted by molar-refractivity contribution is -0.109. The Kier molecular flexibility index (Phi) is 3.53. The zero-order valence-corrected chi connectivity index (χ0v) is 13.7. The highest BCUT2D eigenvalue weighted by Gasteiger charge is 2.25. The lowest BCUT2D eigenvalue weighted by atomic mass is 9.81. The molecule has 1 aromatic rings. The van der Waals surface area contributed by atoms with Gasteiger partial charge in [-0.15, -0.1) is 0 Å². The van der Waals surface area contributed by atoms with Gasteiger partial charge >= 0.3 is 0 Å². The Bertz CT molecular complexity index is 1080. The van der Waals surface area contributed by atoms with Crippen LogP contribution in [0.2, 0.25) is 0 Å². The number of phenolic OH excluding ortho intramolecular Hbond substituents is 1. The molecule has 1 heterocycles. The Morgan fingerprint density at radius 1 is 1.16 bits per heavy atom. The molecule has 2 aliphatic carbocycles. The highest BCUT2D eigenvalue weighted by Crippen LogP contribution is 2.42. The number of aromatic hydroxyl groups is 1. The summed E-state index contributed by atoms with van der Waals surface area (Å²) >= 11 is 0. The van der Waals surface area contributed by atoms with Crippen molar-refractivity contribution in [2.24, 2.45) is 5.92 Å². The van der Waals surface area contributed by atoms with Crippen LogP contribution in [0.1, 0.15) is 18.9 Å². The molecule has 1 N–H and O–H groups in total. The van der Waals surface area contributed by atoms with Gasteiger partial charge in [0.15, 0.2) is 5.43 Å². The van der Waals surface area contributed by atoms with Crippen LogP contribution >= 0.6 is 0 Å². The van der Waals surface area contributed by atoms with Crippen molar-refractivity contribution in [3.63, 3.8) is 0 Å². The lowest BCUT2D eigenvalue weighted by Gasteiger charge is -2.23. The third kappa shape index (κ3) is 2.56. The Hall–Kier alpha value is -3.14. The van der Waals surface area contributed by atoms with Crippen LogP contribution in [0.25, 0.3) is 27.9 Å². The van der Waals surface area contributed by atoms with E-state index < -0.39 is 0 Å². The fourth-order valence-corrected chi connectivity index (χ4v) is 3.44.